The molecule has 0 unspecified atom stereocenters. The van der Waals surface area contributed by atoms with Crippen molar-refractivity contribution in [1.82, 2.24) is 0 Å². The fourth-order valence-corrected chi connectivity index (χ4v) is 9.11. The Hall–Kier alpha value is -7.00. The monoisotopic (exact) mass is 731 g/mol. The smallest absolute Gasteiger partial charge is 0.0540 e. The summed E-state index contributed by atoms with van der Waals surface area (Å²) in [6, 6.07) is 81.4. The van der Waals surface area contributed by atoms with E-state index < -0.39 is 0 Å². The number of benzene rings is 9. The molecule has 264 valence electrons. The predicted octanol–water partition coefficient (Wildman–Crippen LogP) is 15.9. The summed E-state index contributed by atoms with van der Waals surface area (Å²) in [5.41, 5.74) is 15.3. The van der Waals surface area contributed by atoms with E-state index in [2.05, 4.69) is 229 Å². The molecular weight excluding hydrogens is 695 g/mol. The van der Waals surface area contributed by atoms with Crippen molar-refractivity contribution in [2.24, 2.45) is 0 Å². The molecule has 0 aliphatic heterocycles. The highest BCUT2D eigenvalue weighted by Crippen LogP contribution is 2.46. The second kappa shape index (κ2) is 14.7. The number of rotatable bonds is 8. The molecule has 0 bridgehead atoms. The van der Waals surface area contributed by atoms with E-state index in [9.17, 15) is 0 Å². The van der Waals surface area contributed by atoms with E-state index in [4.69, 9.17) is 0 Å². The number of hydrogen-bond donors (Lipinski definition) is 0. The van der Waals surface area contributed by atoms with Crippen molar-refractivity contribution in [3.05, 3.63) is 224 Å². The fourth-order valence-electron chi connectivity index (χ4n) is 8.03. The van der Waals surface area contributed by atoms with Crippen molar-refractivity contribution < 1.29 is 0 Å². The van der Waals surface area contributed by atoms with Gasteiger partial charge in [-0.1, -0.05) is 176 Å². The summed E-state index contributed by atoms with van der Waals surface area (Å²) in [6.45, 7) is 0. The van der Waals surface area contributed by atoms with E-state index in [1.807, 2.05) is 11.3 Å². The van der Waals surface area contributed by atoms with Gasteiger partial charge in [0.2, 0.25) is 0 Å². The van der Waals surface area contributed by atoms with Crippen LogP contribution >= 0.6 is 11.3 Å². The number of hydrogen-bond acceptors (Lipinski definition) is 2. The molecule has 10 aromatic rings. The van der Waals surface area contributed by atoms with Crippen molar-refractivity contribution >= 4 is 48.6 Å². The van der Waals surface area contributed by atoms with Gasteiger partial charge >= 0.3 is 0 Å². The minimum absolute atomic E-state index is 1.09. The van der Waals surface area contributed by atoms with E-state index in [1.165, 1.54) is 70.2 Å². The van der Waals surface area contributed by atoms with E-state index in [0.717, 1.165) is 22.6 Å². The molecule has 0 amide bonds. The third-order valence-corrected chi connectivity index (χ3v) is 11.9. The summed E-state index contributed by atoms with van der Waals surface area (Å²) in [4.78, 5) is 2.42. The van der Waals surface area contributed by atoms with Crippen LogP contribution in [0.3, 0.4) is 0 Å². The molecule has 0 aliphatic rings. The van der Waals surface area contributed by atoms with Crippen molar-refractivity contribution in [3.8, 4) is 55.6 Å². The third kappa shape index (κ3) is 6.26. The number of fused-ring (bicyclic) bond motifs is 3. The molecule has 1 nitrogen and oxygen atoms in total. The Balaban J connectivity index is 1.13. The first-order chi connectivity index (χ1) is 27.8. The lowest BCUT2D eigenvalue weighted by atomic mass is 9.88. The number of anilines is 3. The van der Waals surface area contributed by atoms with E-state index in [-0.39, 0.29) is 0 Å². The lowest BCUT2D eigenvalue weighted by Gasteiger charge is -2.29. The maximum absolute atomic E-state index is 2.42. The topological polar surface area (TPSA) is 3.24 Å². The van der Waals surface area contributed by atoms with Crippen LogP contribution in [-0.4, -0.2) is 0 Å². The predicted molar refractivity (Wildman–Crippen MR) is 241 cm³/mol. The number of thiophene rings is 1. The van der Waals surface area contributed by atoms with Gasteiger partial charge in [0.15, 0.2) is 0 Å². The van der Waals surface area contributed by atoms with Crippen molar-refractivity contribution in [1.29, 1.82) is 0 Å². The number of para-hydroxylation sites is 1. The molecular formula is C54H37NS. The van der Waals surface area contributed by atoms with Gasteiger partial charge < -0.3 is 4.90 Å². The zero-order valence-corrected chi connectivity index (χ0v) is 31.5. The Bertz CT molecular complexity index is 2960. The molecule has 0 saturated carbocycles. The Morgan fingerprint density at radius 3 is 1.52 bits per heavy atom. The molecule has 0 N–H and O–H groups in total. The minimum Gasteiger partial charge on any atom is -0.310 e. The zero-order valence-electron chi connectivity index (χ0n) is 30.7. The normalized spacial score (nSPS) is 11.2. The molecule has 0 radical (unpaired) electrons. The third-order valence-electron chi connectivity index (χ3n) is 10.7. The van der Waals surface area contributed by atoms with Crippen LogP contribution < -0.4 is 4.90 Å². The maximum Gasteiger partial charge on any atom is 0.0540 e. The molecule has 1 heterocycles. The summed E-state index contributed by atoms with van der Waals surface area (Å²) in [5, 5.41) is 2.63. The standard InChI is InChI=1S/C54H37NS/c1-3-16-38(17-4-1)41-20-15-21-44(36-41)55(43-33-30-39(31-34-43)42-32-35-54-51(37-42)50-27-12-14-29-53(50)56-54)52-28-13-11-26-49(52)48-25-10-9-24-47(48)46-23-8-7-22-45(46)40-18-5-2-6-19-40/h1-37H. The molecule has 2 heteroatoms. The first-order valence-corrected chi connectivity index (χ1v) is 19.9. The molecule has 0 saturated heterocycles. The average Bonchev–Trinajstić information content (AvgIpc) is 3.66. The summed E-state index contributed by atoms with van der Waals surface area (Å²) < 4.78 is 2.64. The van der Waals surface area contributed by atoms with Gasteiger partial charge in [-0.3, -0.25) is 0 Å². The van der Waals surface area contributed by atoms with E-state index in [0.29, 0.717) is 0 Å². The van der Waals surface area contributed by atoms with Crippen LogP contribution in [0.2, 0.25) is 0 Å². The first kappa shape index (κ1) is 33.6. The highest BCUT2D eigenvalue weighted by Gasteiger charge is 2.21. The van der Waals surface area contributed by atoms with Crippen molar-refractivity contribution in [3.63, 3.8) is 0 Å². The van der Waals surface area contributed by atoms with Gasteiger partial charge in [0.1, 0.15) is 0 Å². The lowest BCUT2D eigenvalue weighted by molar-refractivity contribution is 1.28. The second-order valence-corrected chi connectivity index (χ2v) is 15.2. The lowest BCUT2D eigenvalue weighted by Crippen LogP contribution is -2.11. The molecule has 1 aromatic heterocycles. The van der Waals surface area contributed by atoms with Crippen LogP contribution in [0.5, 0.6) is 0 Å². The van der Waals surface area contributed by atoms with Gasteiger partial charge in [0.25, 0.3) is 0 Å². The molecule has 56 heavy (non-hydrogen) atoms. The van der Waals surface area contributed by atoms with Crippen LogP contribution in [0.4, 0.5) is 17.1 Å². The van der Waals surface area contributed by atoms with Gasteiger partial charge in [-0.25, -0.2) is 0 Å². The summed E-state index contributed by atoms with van der Waals surface area (Å²) in [5.74, 6) is 0. The van der Waals surface area contributed by atoms with Gasteiger partial charge in [-0.2, -0.15) is 0 Å². The molecule has 0 fully saturated rings. The SMILES string of the molecule is c1ccc(-c2cccc(N(c3ccc(-c4ccc5sc6ccccc6c5c4)cc3)c3ccccc3-c3ccccc3-c3ccccc3-c3ccccc3)c2)cc1. The molecule has 10 rings (SSSR count). The average molecular weight is 732 g/mol. The first-order valence-electron chi connectivity index (χ1n) is 19.1. The summed E-state index contributed by atoms with van der Waals surface area (Å²) in [7, 11) is 0. The van der Waals surface area contributed by atoms with Crippen LogP contribution in [0, 0.1) is 0 Å². The largest absolute Gasteiger partial charge is 0.310 e. The maximum atomic E-state index is 2.42. The van der Waals surface area contributed by atoms with Gasteiger partial charge in [0.05, 0.1) is 5.69 Å². The number of nitrogens with zero attached hydrogens (tertiary/aromatic N) is 1. The van der Waals surface area contributed by atoms with Crippen molar-refractivity contribution in [2.45, 2.75) is 0 Å². The van der Waals surface area contributed by atoms with E-state index in [1.54, 1.807) is 0 Å². The quantitative estimate of drug-likeness (QED) is 0.150. The summed E-state index contributed by atoms with van der Waals surface area (Å²) >= 11 is 1.86. The molecule has 0 aliphatic carbocycles. The molecule has 0 atom stereocenters. The molecule has 0 spiro atoms. The highest BCUT2D eigenvalue weighted by molar-refractivity contribution is 7.25. The Labute approximate surface area is 332 Å². The van der Waals surface area contributed by atoms with Crippen LogP contribution in [0.15, 0.2) is 224 Å². The van der Waals surface area contributed by atoms with Crippen LogP contribution in [-0.2, 0) is 0 Å². The van der Waals surface area contributed by atoms with Crippen LogP contribution in [0.25, 0.3) is 75.8 Å². The molecule has 9 aromatic carbocycles. The van der Waals surface area contributed by atoms with Gasteiger partial charge in [0, 0.05) is 37.1 Å². The van der Waals surface area contributed by atoms with Gasteiger partial charge in [-0.15, -0.1) is 11.3 Å². The summed E-state index contributed by atoms with van der Waals surface area (Å²) in [6.07, 6.45) is 0. The van der Waals surface area contributed by atoms with Crippen molar-refractivity contribution in [2.75, 3.05) is 4.90 Å². The Morgan fingerprint density at radius 2 is 0.768 bits per heavy atom. The fraction of sp³-hybridized carbons (Fsp3) is 0. The minimum atomic E-state index is 1.09. The van der Waals surface area contributed by atoms with Gasteiger partial charge in [-0.05, 0) is 98.6 Å². The zero-order chi connectivity index (χ0) is 37.3. The highest BCUT2D eigenvalue weighted by atomic mass is 32.1. The van der Waals surface area contributed by atoms with E-state index >= 15 is 0 Å². The Kier molecular flexibility index (Phi) is 8.79. The second-order valence-electron chi connectivity index (χ2n) is 14.1. The van der Waals surface area contributed by atoms with Crippen LogP contribution in [0.1, 0.15) is 0 Å². The Morgan fingerprint density at radius 1 is 0.268 bits per heavy atom.